The zero-order valence-electron chi connectivity index (χ0n) is 13.7. The summed E-state index contributed by atoms with van der Waals surface area (Å²) in [5, 5.41) is 9.51. The number of nitrogens with zero attached hydrogens (tertiary/aromatic N) is 1. The Morgan fingerprint density at radius 3 is 2.27 bits per heavy atom. The molecule has 0 aromatic carbocycles. The van der Waals surface area contributed by atoms with Crippen molar-refractivity contribution < 1.29 is 24.1 Å². The van der Waals surface area contributed by atoms with Gasteiger partial charge in [0.15, 0.2) is 0 Å². The second-order valence-electron chi connectivity index (χ2n) is 6.81. The van der Waals surface area contributed by atoms with E-state index < -0.39 is 11.6 Å². The molecule has 1 N–H and O–H groups in total. The summed E-state index contributed by atoms with van der Waals surface area (Å²) >= 11 is 3.69. The molecule has 3 rings (SSSR count). The molecule has 6 nitrogen and oxygen atoms in total. The molecule has 3 aliphatic rings. The van der Waals surface area contributed by atoms with Crippen LogP contribution in [0.25, 0.3) is 0 Å². The molecular formula is C15H26BrNO5. The fourth-order valence-electron chi connectivity index (χ4n) is 3.99. The molecule has 128 valence electrons. The molecule has 22 heavy (non-hydrogen) atoms. The van der Waals surface area contributed by atoms with Crippen molar-refractivity contribution in [1.29, 1.82) is 0 Å². The number of rotatable bonds is 4. The summed E-state index contributed by atoms with van der Waals surface area (Å²) in [6.45, 7) is 4.56. The average molecular weight is 380 g/mol. The highest BCUT2D eigenvalue weighted by atomic mass is 79.9. The third-order valence-corrected chi connectivity index (χ3v) is 6.82. The van der Waals surface area contributed by atoms with Crippen molar-refractivity contribution in [3.05, 3.63) is 0 Å². The van der Waals surface area contributed by atoms with Crippen LogP contribution in [0.15, 0.2) is 0 Å². The summed E-state index contributed by atoms with van der Waals surface area (Å²) < 4.78 is 26.1. The van der Waals surface area contributed by atoms with E-state index in [-0.39, 0.29) is 30.3 Å². The van der Waals surface area contributed by atoms with Crippen LogP contribution in [-0.2, 0) is 18.9 Å². The van der Waals surface area contributed by atoms with Gasteiger partial charge in [-0.2, -0.15) is 0 Å². The van der Waals surface area contributed by atoms with Crippen LogP contribution in [0, 0.1) is 5.92 Å². The minimum Gasteiger partial charge on any atom is -0.396 e. The third kappa shape index (κ3) is 2.29. The van der Waals surface area contributed by atoms with Gasteiger partial charge in [-0.1, -0.05) is 0 Å². The van der Waals surface area contributed by atoms with Crippen molar-refractivity contribution in [2.75, 3.05) is 27.4 Å². The van der Waals surface area contributed by atoms with Gasteiger partial charge in [-0.05, 0) is 33.1 Å². The van der Waals surface area contributed by atoms with Crippen molar-refractivity contribution in [3.8, 4) is 0 Å². The van der Waals surface area contributed by atoms with Crippen molar-refractivity contribution in [3.63, 3.8) is 0 Å². The smallest absolute Gasteiger partial charge is 0.220 e. The molecule has 2 saturated heterocycles. The molecule has 0 bridgehead atoms. The van der Waals surface area contributed by atoms with Crippen molar-refractivity contribution in [2.45, 2.75) is 62.4 Å². The highest BCUT2D eigenvalue weighted by molar-refractivity contribution is 9.07. The highest BCUT2D eigenvalue weighted by Crippen LogP contribution is 2.57. The number of fused-ring (bicyclic) bond motifs is 1. The SMILES string of the molecule is COC1(C)OC2CN(Br)C3(CC3)C(CCO)C2OC1(C)OC. The Hall–Kier alpha value is 0.240. The molecule has 0 aromatic rings. The lowest BCUT2D eigenvalue weighted by Crippen LogP contribution is -2.71. The van der Waals surface area contributed by atoms with E-state index in [4.69, 9.17) is 18.9 Å². The minimum absolute atomic E-state index is 0.0721. The van der Waals surface area contributed by atoms with Gasteiger partial charge in [0, 0.05) is 55.0 Å². The molecule has 2 aliphatic heterocycles. The molecule has 5 unspecified atom stereocenters. The minimum atomic E-state index is -0.985. The molecule has 1 saturated carbocycles. The molecule has 1 aliphatic carbocycles. The van der Waals surface area contributed by atoms with Crippen LogP contribution >= 0.6 is 16.1 Å². The number of methoxy groups -OCH3 is 2. The van der Waals surface area contributed by atoms with Crippen LogP contribution in [-0.4, -0.2) is 65.7 Å². The number of piperidine rings is 1. The fraction of sp³-hybridized carbons (Fsp3) is 1.00. The molecule has 2 heterocycles. The van der Waals surface area contributed by atoms with Crippen LogP contribution in [0.2, 0.25) is 0 Å². The lowest BCUT2D eigenvalue weighted by molar-refractivity contribution is -0.457. The van der Waals surface area contributed by atoms with Crippen molar-refractivity contribution in [2.24, 2.45) is 5.92 Å². The zero-order valence-corrected chi connectivity index (χ0v) is 15.3. The molecule has 5 atom stereocenters. The summed E-state index contributed by atoms with van der Waals surface area (Å²) in [5.41, 5.74) is 0.0721. The fourth-order valence-corrected chi connectivity index (χ4v) is 4.90. The zero-order chi connectivity index (χ0) is 16.2. The van der Waals surface area contributed by atoms with E-state index in [0.29, 0.717) is 6.42 Å². The second kappa shape index (κ2) is 5.65. The normalized spacial score (nSPS) is 47.5. The van der Waals surface area contributed by atoms with E-state index in [9.17, 15) is 5.11 Å². The predicted molar refractivity (Wildman–Crippen MR) is 83.4 cm³/mol. The van der Waals surface area contributed by atoms with Gasteiger partial charge in [0.1, 0.15) is 6.10 Å². The van der Waals surface area contributed by atoms with Gasteiger partial charge in [0.05, 0.1) is 6.10 Å². The van der Waals surface area contributed by atoms with E-state index in [1.165, 1.54) is 0 Å². The van der Waals surface area contributed by atoms with Gasteiger partial charge in [-0.3, -0.25) is 0 Å². The number of hydrogen-bond acceptors (Lipinski definition) is 6. The maximum atomic E-state index is 9.51. The van der Waals surface area contributed by atoms with E-state index in [0.717, 1.165) is 19.4 Å². The summed E-state index contributed by atoms with van der Waals surface area (Å²) in [5.74, 6) is -1.76. The Morgan fingerprint density at radius 2 is 1.77 bits per heavy atom. The van der Waals surface area contributed by atoms with Gasteiger partial charge in [0.2, 0.25) is 11.6 Å². The Balaban J connectivity index is 1.91. The van der Waals surface area contributed by atoms with Crippen LogP contribution < -0.4 is 0 Å². The lowest BCUT2D eigenvalue weighted by Gasteiger charge is -2.58. The van der Waals surface area contributed by atoms with Gasteiger partial charge in [-0.25, -0.2) is 3.93 Å². The van der Waals surface area contributed by atoms with E-state index in [1.807, 2.05) is 13.8 Å². The quantitative estimate of drug-likeness (QED) is 0.749. The van der Waals surface area contributed by atoms with Gasteiger partial charge >= 0.3 is 0 Å². The Kier molecular flexibility index (Phi) is 4.39. The maximum Gasteiger partial charge on any atom is 0.220 e. The largest absolute Gasteiger partial charge is 0.396 e. The van der Waals surface area contributed by atoms with Gasteiger partial charge in [0.25, 0.3) is 0 Å². The highest BCUT2D eigenvalue weighted by Gasteiger charge is 2.66. The van der Waals surface area contributed by atoms with Crippen LogP contribution in [0.1, 0.15) is 33.1 Å². The topological polar surface area (TPSA) is 60.4 Å². The standard InChI is InChI=1S/C15H26BrNO5/c1-13(19-3)14(2,20-4)22-12-10(5-8-18)15(6-7-15)17(16)9-11(12)21-13/h10-12,18H,5-9H2,1-4H3. The van der Waals surface area contributed by atoms with E-state index >= 15 is 0 Å². The maximum absolute atomic E-state index is 9.51. The Bertz CT molecular complexity index is 434. The van der Waals surface area contributed by atoms with E-state index in [2.05, 4.69) is 20.1 Å². The lowest BCUT2D eigenvalue weighted by atomic mass is 9.80. The number of ether oxygens (including phenoxy) is 4. The second-order valence-corrected chi connectivity index (χ2v) is 7.66. The third-order valence-electron chi connectivity index (χ3n) is 5.82. The Labute approximate surface area is 140 Å². The summed E-state index contributed by atoms with van der Waals surface area (Å²) in [6, 6.07) is 0. The molecule has 3 fully saturated rings. The first kappa shape index (κ1) is 17.1. The van der Waals surface area contributed by atoms with Gasteiger partial charge < -0.3 is 24.1 Å². The summed E-state index contributed by atoms with van der Waals surface area (Å²) in [6.07, 6.45) is 2.67. The van der Waals surface area contributed by atoms with Gasteiger partial charge in [-0.15, -0.1) is 0 Å². The number of aliphatic hydroxyl groups excluding tert-OH is 1. The number of hydrogen-bond donors (Lipinski definition) is 1. The number of halogens is 1. The first-order valence-electron chi connectivity index (χ1n) is 7.86. The Morgan fingerprint density at radius 1 is 1.18 bits per heavy atom. The molecule has 7 heteroatoms. The molecule has 0 amide bonds. The molecular weight excluding hydrogens is 354 g/mol. The monoisotopic (exact) mass is 379 g/mol. The molecule has 1 spiro atoms. The summed E-state index contributed by atoms with van der Waals surface area (Å²) in [7, 11) is 3.21. The first-order valence-corrected chi connectivity index (χ1v) is 8.57. The molecule has 0 aromatic heterocycles. The molecule has 0 radical (unpaired) electrons. The van der Waals surface area contributed by atoms with Crippen LogP contribution in [0.4, 0.5) is 0 Å². The summed E-state index contributed by atoms with van der Waals surface area (Å²) in [4.78, 5) is 0. The van der Waals surface area contributed by atoms with Crippen LogP contribution in [0.3, 0.4) is 0 Å². The van der Waals surface area contributed by atoms with Crippen LogP contribution in [0.5, 0.6) is 0 Å². The van der Waals surface area contributed by atoms with E-state index in [1.54, 1.807) is 14.2 Å². The number of aliphatic hydroxyl groups is 1. The van der Waals surface area contributed by atoms with Crippen molar-refractivity contribution >= 4 is 16.1 Å². The van der Waals surface area contributed by atoms with Crippen molar-refractivity contribution in [1.82, 2.24) is 3.93 Å². The predicted octanol–water partition coefficient (Wildman–Crippen LogP) is 1.65. The average Bonchev–Trinajstić information content (AvgIpc) is 3.29. The first-order chi connectivity index (χ1) is 10.4.